The first-order valence-electron chi connectivity index (χ1n) is 8.91. The minimum atomic E-state index is -4.62. The van der Waals surface area contributed by atoms with E-state index in [1.165, 1.54) is 15.6 Å². The van der Waals surface area contributed by atoms with Crippen molar-refractivity contribution in [2.45, 2.75) is 63.2 Å². The van der Waals surface area contributed by atoms with Crippen LogP contribution in [0.3, 0.4) is 0 Å². The van der Waals surface area contributed by atoms with Crippen LogP contribution >= 0.6 is 11.6 Å². The second-order valence-electron chi connectivity index (χ2n) is 6.73. The van der Waals surface area contributed by atoms with Crippen molar-refractivity contribution in [3.63, 3.8) is 0 Å². The Kier molecular flexibility index (Phi) is 5.79. The van der Waals surface area contributed by atoms with E-state index in [1.54, 1.807) is 6.92 Å². The largest absolute Gasteiger partial charge is 0.436 e. The Morgan fingerprint density at radius 2 is 2.00 bits per heavy atom. The average molecular weight is 440 g/mol. The lowest BCUT2D eigenvalue weighted by Crippen LogP contribution is -2.26. The Morgan fingerprint density at radius 1 is 1.32 bits per heavy atom. The summed E-state index contributed by atoms with van der Waals surface area (Å²) in [5.41, 5.74) is -0.310. The average Bonchev–Trinajstić information content (AvgIpc) is 3.26. The molecule has 156 valence electrons. The molecule has 0 atom stereocenters. The van der Waals surface area contributed by atoms with Crippen LogP contribution < -0.4 is 4.72 Å². The Hall–Kier alpha value is -1.59. The number of sulfonamides is 1. The van der Waals surface area contributed by atoms with Gasteiger partial charge in [0.15, 0.2) is 5.69 Å². The second-order valence-corrected chi connectivity index (χ2v) is 8.84. The van der Waals surface area contributed by atoms with Crippen LogP contribution in [0.1, 0.15) is 49.2 Å². The molecule has 0 aromatic carbocycles. The van der Waals surface area contributed by atoms with E-state index in [1.807, 2.05) is 6.92 Å². The maximum Gasteiger partial charge on any atom is 0.436 e. The number of hydrogen-bond acceptors (Lipinski definition) is 4. The van der Waals surface area contributed by atoms with Gasteiger partial charge >= 0.3 is 6.18 Å². The number of aromatic nitrogens is 4. The van der Waals surface area contributed by atoms with Crippen LogP contribution in [-0.2, 0) is 29.3 Å². The summed E-state index contributed by atoms with van der Waals surface area (Å²) in [4.78, 5) is 0.0921. The SMILES string of the molecule is CCn1cc(S(=O)(=O)NCCCn2nc(C(F)(F)F)c(Cl)c2C2CC2)c(C)n1. The van der Waals surface area contributed by atoms with Crippen LogP contribution in [0.5, 0.6) is 0 Å². The van der Waals surface area contributed by atoms with Crippen molar-refractivity contribution in [2.24, 2.45) is 0 Å². The third-order valence-electron chi connectivity index (χ3n) is 4.52. The maximum atomic E-state index is 13.1. The first kappa shape index (κ1) is 21.1. The first-order valence-corrected chi connectivity index (χ1v) is 10.8. The molecule has 3 rings (SSSR count). The highest BCUT2D eigenvalue weighted by atomic mass is 35.5. The van der Waals surface area contributed by atoms with E-state index < -0.39 is 21.9 Å². The molecule has 0 amide bonds. The fraction of sp³-hybridized carbons (Fsp3) is 0.625. The molecule has 1 saturated carbocycles. The zero-order chi connectivity index (χ0) is 20.7. The molecule has 1 aliphatic carbocycles. The third-order valence-corrected chi connectivity index (χ3v) is 6.45. The molecule has 0 saturated heterocycles. The molecule has 7 nitrogen and oxygen atoms in total. The number of aryl methyl sites for hydroxylation is 3. The molecule has 1 fully saturated rings. The van der Waals surface area contributed by atoms with Gasteiger partial charge in [0, 0.05) is 31.7 Å². The lowest BCUT2D eigenvalue weighted by molar-refractivity contribution is -0.141. The molecule has 2 aromatic rings. The van der Waals surface area contributed by atoms with Crippen LogP contribution in [0, 0.1) is 6.92 Å². The van der Waals surface area contributed by atoms with Gasteiger partial charge in [0.1, 0.15) is 4.90 Å². The Bertz CT molecular complexity index is 964. The molecule has 12 heteroatoms. The summed E-state index contributed by atoms with van der Waals surface area (Å²) in [7, 11) is -3.74. The minimum absolute atomic E-state index is 0.0182. The summed E-state index contributed by atoms with van der Waals surface area (Å²) in [6.45, 7) is 4.19. The first-order chi connectivity index (χ1) is 13.0. The van der Waals surface area contributed by atoms with Crippen molar-refractivity contribution in [2.75, 3.05) is 6.54 Å². The maximum absolute atomic E-state index is 13.1. The Balaban J connectivity index is 1.66. The van der Waals surface area contributed by atoms with Crippen molar-refractivity contribution in [3.8, 4) is 0 Å². The lowest BCUT2D eigenvalue weighted by Gasteiger charge is -2.08. The van der Waals surface area contributed by atoms with Crippen LogP contribution in [-0.4, -0.2) is 34.5 Å². The summed E-state index contributed by atoms with van der Waals surface area (Å²) in [5, 5.41) is 7.39. The molecule has 0 radical (unpaired) electrons. The molecular formula is C16H21ClF3N5O2S. The fourth-order valence-electron chi connectivity index (χ4n) is 2.99. The third kappa shape index (κ3) is 4.36. The van der Waals surface area contributed by atoms with Gasteiger partial charge in [-0.05, 0) is 33.1 Å². The van der Waals surface area contributed by atoms with Crippen molar-refractivity contribution in [3.05, 3.63) is 28.3 Å². The van der Waals surface area contributed by atoms with Crippen LogP contribution in [0.4, 0.5) is 13.2 Å². The number of alkyl halides is 3. The van der Waals surface area contributed by atoms with Crippen molar-refractivity contribution >= 4 is 21.6 Å². The molecule has 28 heavy (non-hydrogen) atoms. The van der Waals surface area contributed by atoms with E-state index in [0.717, 1.165) is 12.8 Å². The number of nitrogens with one attached hydrogen (secondary N) is 1. The predicted octanol–water partition coefficient (Wildman–Crippen LogP) is 3.33. The zero-order valence-electron chi connectivity index (χ0n) is 15.4. The summed E-state index contributed by atoms with van der Waals surface area (Å²) in [6.07, 6.45) is -1.35. The highest BCUT2D eigenvalue weighted by Crippen LogP contribution is 2.46. The predicted molar refractivity (Wildman–Crippen MR) is 96.7 cm³/mol. The van der Waals surface area contributed by atoms with Crippen LogP contribution in [0.2, 0.25) is 5.02 Å². The number of nitrogens with zero attached hydrogens (tertiary/aromatic N) is 4. The van der Waals surface area contributed by atoms with Crippen LogP contribution in [0.15, 0.2) is 11.1 Å². The van der Waals surface area contributed by atoms with E-state index in [9.17, 15) is 21.6 Å². The van der Waals surface area contributed by atoms with E-state index in [0.29, 0.717) is 17.9 Å². The van der Waals surface area contributed by atoms with Gasteiger partial charge in [-0.3, -0.25) is 9.36 Å². The van der Waals surface area contributed by atoms with Gasteiger partial charge in [-0.2, -0.15) is 23.4 Å². The van der Waals surface area contributed by atoms with E-state index in [4.69, 9.17) is 11.6 Å². The molecule has 2 heterocycles. The molecular weight excluding hydrogens is 419 g/mol. The normalized spacial score (nSPS) is 15.4. The van der Waals surface area contributed by atoms with Crippen molar-refractivity contribution < 1.29 is 21.6 Å². The highest BCUT2D eigenvalue weighted by molar-refractivity contribution is 7.89. The topological polar surface area (TPSA) is 81.8 Å². The van der Waals surface area contributed by atoms with Crippen molar-refractivity contribution in [1.82, 2.24) is 24.3 Å². The van der Waals surface area contributed by atoms with Gasteiger partial charge in [0.25, 0.3) is 0 Å². The van der Waals surface area contributed by atoms with E-state index >= 15 is 0 Å². The van der Waals surface area contributed by atoms with E-state index in [2.05, 4.69) is 14.9 Å². The van der Waals surface area contributed by atoms with Crippen LogP contribution in [0.25, 0.3) is 0 Å². The highest BCUT2D eigenvalue weighted by Gasteiger charge is 2.41. The van der Waals surface area contributed by atoms with Gasteiger partial charge in [-0.25, -0.2) is 13.1 Å². The summed E-state index contributed by atoms with van der Waals surface area (Å²) in [5.74, 6) is -0.0182. The Labute approximate surface area is 165 Å². The fourth-order valence-corrected chi connectivity index (χ4v) is 4.65. The molecule has 1 aliphatic rings. The van der Waals surface area contributed by atoms with Gasteiger partial charge in [-0.15, -0.1) is 0 Å². The molecule has 0 unspecified atom stereocenters. The number of halogens is 4. The minimum Gasteiger partial charge on any atom is -0.271 e. The Morgan fingerprint density at radius 3 is 2.54 bits per heavy atom. The van der Waals surface area contributed by atoms with Crippen molar-refractivity contribution in [1.29, 1.82) is 0 Å². The molecule has 2 aromatic heterocycles. The zero-order valence-corrected chi connectivity index (χ0v) is 17.0. The smallest absolute Gasteiger partial charge is 0.271 e. The summed E-state index contributed by atoms with van der Waals surface area (Å²) in [6, 6.07) is 0. The standard InChI is InChI=1S/C16H21ClF3N5O2S/c1-3-24-9-12(10(2)22-24)28(26,27)21-7-4-8-25-14(11-5-6-11)13(17)15(23-25)16(18,19)20/h9,11,21H,3-8H2,1-2H3. The molecule has 0 aliphatic heterocycles. The van der Waals surface area contributed by atoms with Gasteiger partial charge in [0.05, 0.1) is 16.4 Å². The monoisotopic (exact) mass is 439 g/mol. The number of rotatable bonds is 8. The molecule has 0 spiro atoms. The summed E-state index contributed by atoms with van der Waals surface area (Å²) >= 11 is 5.92. The second kappa shape index (κ2) is 7.68. The quantitative estimate of drug-likeness (QED) is 0.640. The molecule has 0 bridgehead atoms. The van der Waals surface area contributed by atoms with Gasteiger partial charge in [-0.1, -0.05) is 11.6 Å². The number of hydrogen-bond donors (Lipinski definition) is 1. The van der Waals surface area contributed by atoms with E-state index in [-0.39, 0.29) is 35.3 Å². The van der Waals surface area contributed by atoms with Gasteiger partial charge < -0.3 is 0 Å². The molecule has 1 N–H and O–H groups in total. The lowest BCUT2D eigenvalue weighted by atomic mass is 10.2. The van der Waals surface area contributed by atoms with Gasteiger partial charge in [0.2, 0.25) is 10.0 Å². The summed E-state index contributed by atoms with van der Waals surface area (Å²) < 4.78 is 69.3.